The van der Waals surface area contributed by atoms with E-state index < -0.39 is 10.0 Å². The summed E-state index contributed by atoms with van der Waals surface area (Å²) in [6.45, 7) is 8.22. The molecule has 0 radical (unpaired) electrons. The van der Waals surface area contributed by atoms with Gasteiger partial charge in [0.05, 0.1) is 10.6 Å². The van der Waals surface area contributed by atoms with E-state index in [2.05, 4.69) is 19.2 Å². The molecule has 3 rings (SSSR count). The molecule has 162 valence electrons. The fraction of sp³-hybridized carbons (Fsp3) is 0.240. The molecule has 0 saturated carbocycles. The first-order chi connectivity index (χ1) is 14.8. The van der Waals surface area contributed by atoms with Crippen molar-refractivity contribution < 1.29 is 13.2 Å². The molecule has 6 heteroatoms. The molecule has 0 spiro atoms. The molecule has 1 amide bonds. The van der Waals surface area contributed by atoms with Crippen molar-refractivity contribution in [3.8, 4) is 0 Å². The monoisotopic (exact) mass is 436 g/mol. The van der Waals surface area contributed by atoms with E-state index in [1.54, 1.807) is 43.3 Å². The number of hydrogen-bond donors (Lipinski definition) is 1. The van der Waals surface area contributed by atoms with E-state index in [1.807, 2.05) is 31.2 Å². The Bertz CT molecular complexity index is 1160. The third-order valence-electron chi connectivity index (χ3n) is 5.20. The average Bonchev–Trinajstić information content (AvgIpc) is 2.76. The van der Waals surface area contributed by atoms with Crippen molar-refractivity contribution in [2.75, 3.05) is 16.2 Å². The van der Waals surface area contributed by atoms with Gasteiger partial charge in [-0.2, -0.15) is 0 Å². The van der Waals surface area contributed by atoms with Gasteiger partial charge in [0.2, 0.25) is 0 Å². The van der Waals surface area contributed by atoms with Gasteiger partial charge in [0.1, 0.15) is 0 Å². The van der Waals surface area contributed by atoms with Crippen molar-refractivity contribution in [2.24, 2.45) is 0 Å². The predicted molar refractivity (Wildman–Crippen MR) is 126 cm³/mol. The number of para-hydroxylation sites is 2. The fourth-order valence-corrected chi connectivity index (χ4v) is 4.99. The van der Waals surface area contributed by atoms with E-state index in [0.29, 0.717) is 17.8 Å². The number of anilines is 2. The summed E-state index contributed by atoms with van der Waals surface area (Å²) in [5, 5.41) is 3.00. The molecule has 0 aliphatic rings. The SMILES string of the molecule is CCN(c1ccccc1)S(=O)(=O)c1ccc(C(=O)Nc2c(C)cccc2C(C)C)cc1. The maximum absolute atomic E-state index is 13.1. The average molecular weight is 437 g/mol. The molecule has 1 N–H and O–H groups in total. The van der Waals surface area contributed by atoms with E-state index in [-0.39, 0.29) is 16.7 Å². The summed E-state index contributed by atoms with van der Waals surface area (Å²) in [6, 6.07) is 21.0. The van der Waals surface area contributed by atoms with Gasteiger partial charge in [-0.05, 0) is 67.3 Å². The van der Waals surface area contributed by atoms with E-state index in [1.165, 1.54) is 16.4 Å². The van der Waals surface area contributed by atoms with Crippen LogP contribution in [0.25, 0.3) is 0 Å². The van der Waals surface area contributed by atoms with Crippen LogP contribution >= 0.6 is 0 Å². The van der Waals surface area contributed by atoms with Crippen LogP contribution in [0.2, 0.25) is 0 Å². The highest BCUT2D eigenvalue weighted by atomic mass is 32.2. The van der Waals surface area contributed by atoms with E-state index >= 15 is 0 Å². The fourth-order valence-electron chi connectivity index (χ4n) is 3.52. The minimum atomic E-state index is -3.73. The smallest absolute Gasteiger partial charge is 0.264 e. The molecular weight excluding hydrogens is 408 g/mol. The Morgan fingerprint density at radius 1 is 0.935 bits per heavy atom. The molecule has 0 atom stereocenters. The molecule has 3 aromatic carbocycles. The molecule has 31 heavy (non-hydrogen) atoms. The normalized spacial score (nSPS) is 11.4. The zero-order chi connectivity index (χ0) is 22.6. The summed E-state index contributed by atoms with van der Waals surface area (Å²) in [5.74, 6) is -0.00344. The van der Waals surface area contributed by atoms with Crippen LogP contribution in [0.5, 0.6) is 0 Å². The molecule has 0 fully saturated rings. The molecule has 0 aromatic heterocycles. The highest BCUT2D eigenvalue weighted by Gasteiger charge is 2.24. The molecule has 3 aromatic rings. The largest absolute Gasteiger partial charge is 0.321 e. The van der Waals surface area contributed by atoms with E-state index in [9.17, 15) is 13.2 Å². The minimum absolute atomic E-state index is 0.147. The van der Waals surface area contributed by atoms with Gasteiger partial charge in [-0.1, -0.05) is 50.2 Å². The van der Waals surface area contributed by atoms with Crippen molar-refractivity contribution >= 4 is 27.3 Å². The van der Waals surface area contributed by atoms with Crippen LogP contribution in [0.15, 0.2) is 77.7 Å². The summed E-state index contributed by atoms with van der Waals surface area (Å²) >= 11 is 0. The predicted octanol–water partition coefficient (Wildman–Crippen LogP) is 5.59. The number of nitrogens with zero attached hydrogens (tertiary/aromatic N) is 1. The summed E-state index contributed by atoms with van der Waals surface area (Å²) in [4.78, 5) is 13.0. The van der Waals surface area contributed by atoms with Crippen LogP contribution < -0.4 is 9.62 Å². The van der Waals surface area contributed by atoms with Crippen LogP contribution in [0, 0.1) is 6.92 Å². The molecule has 0 heterocycles. The topological polar surface area (TPSA) is 66.5 Å². The number of benzene rings is 3. The molecule has 0 bridgehead atoms. The molecule has 0 unspecified atom stereocenters. The number of aryl methyl sites for hydroxylation is 1. The highest BCUT2D eigenvalue weighted by Crippen LogP contribution is 2.28. The number of rotatable bonds is 7. The third kappa shape index (κ3) is 4.80. The Labute approximate surface area is 184 Å². The minimum Gasteiger partial charge on any atom is -0.321 e. The standard InChI is InChI=1S/C25H28N2O3S/c1-5-27(21-11-7-6-8-12-21)31(29,30)22-16-14-20(15-17-22)25(28)26-24-19(4)10-9-13-23(24)18(2)3/h6-18H,5H2,1-4H3,(H,26,28). The molecule has 0 aliphatic heterocycles. The van der Waals surface area contributed by atoms with Crippen LogP contribution in [0.1, 0.15) is 48.2 Å². The highest BCUT2D eigenvalue weighted by molar-refractivity contribution is 7.92. The van der Waals surface area contributed by atoms with Gasteiger partial charge in [-0.15, -0.1) is 0 Å². The summed E-state index contributed by atoms with van der Waals surface area (Å²) < 4.78 is 27.6. The number of sulfonamides is 1. The van der Waals surface area contributed by atoms with Gasteiger partial charge in [-0.25, -0.2) is 8.42 Å². The maximum atomic E-state index is 13.1. The number of carbonyl (C=O) groups is 1. The van der Waals surface area contributed by atoms with Gasteiger partial charge in [0, 0.05) is 17.8 Å². The van der Waals surface area contributed by atoms with Gasteiger partial charge < -0.3 is 5.32 Å². The summed E-state index contributed by atoms with van der Waals surface area (Å²) in [6.07, 6.45) is 0. The second-order valence-corrected chi connectivity index (χ2v) is 9.54. The Morgan fingerprint density at radius 3 is 2.16 bits per heavy atom. The number of nitrogens with one attached hydrogen (secondary N) is 1. The number of carbonyl (C=O) groups excluding carboxylic acids is 1. The number of hydrogen-bond acceptors (Lipinski definition) is 3. The zero-order valence-corrected chi connectivity index (χ0v) is 19.1. The van der Waals surface area contributed by atoms with Crippen LogP contribution in [-0.2, 0) is 10.0 Å². The van der Waals surface area contributed by atoms with Crippen molar-refractivity contribution in [1.29, 1.82) is 0 Å². The van der Waals surface area contributed by atoms with Gasteiger partial charge in [0.25, 0.3) is 15.9 Å². The van der Waals surface area contributed by atoms with Crippen LogP contribution in [0.4, 0.5) is 11.4 Å². The van der Waals surface area contributed by atoms with E-state index in [4.69, 9.17) is 0 Å². The molecule has 0 saturated heterocycles. The van der Waals surface area contributed by atoms with E-state index in [0.717, 1.165) is 16.8 Å². The second kappa shape index (κ2) is 9.35. The van der Waals surface area contributed by atoms with Gasteiger partial charge in [0.15, 0.2) is 0 Å². The zero-order valence-electron chi connectivity index (χ0n) is 18.3. The first-order valence-corrected chi connectivity index (χ1v) is 11.8. The Balaban J connectivity index is 1.86. The molecule has 5 nitrogen and oxygen atoms in total. The van der Waals surface area contributed by atoms with Gasteiger partial charge in [-0.3, -0.25) is 9.10 Å². The van der Waals surface area contributed by atoms with Gasteiger partial charge >= 0.3 is 0 Å². The Hall–Kier alpha value is -3.12. The lowest BCUT2D eigenvalue weighted by molar-refractivity contribution is 0.102. The van der Waals surface area contributed by atoms with Crippen molar-refractivity contribution in [3.05, 3.63) is 89.5 Å². The Kier molecular flexibility index (Phi) is 6.81. The lowest BCUT2D eigenvalue weighted by Crippen LogP contribution is -2.30. The summed E-state index contributed by atoms with van der Waals surface area (Å²) in [5.41, 5.74) is 3.86. The van der Waals surface area contributed by atoms with Crippen LogP contribution in [-0.4, -0.2) is 20.9 Å². The molecule has 0 aliphatic carbocycles. The lowest BCUT2D eigenvalue weighted by Gasteiger charge is -2.23. The van der Waals surface area contributed by atoms with Crippen LogP contribution in [0.3, 0.4) is 0 Å². The molecular formula is C25H28N2O3S. The Morgan fingerprint density at radius 2 is 1.58 bits per heavy atom. The number of amides is 1. The maximum Gasteiger partial charge on any atom is 0.264 e. The van der Waals surface area contributed by atoms with Crippen molar-refractivity contribution in [1.82, 2.24) is 0 Å². The third-order valence-corrected chi connectivity index (χ3v) is 7.12. The second-order valence-electron chi connectivity index (χ2n) is 7.68. The van der Waals surface area contributed by atoms with Crippen molar-refractivity contribution in [3.63, 3.8) is 0 Å². The summed E-state index contributed by atoms with van der Waals surface area (Å²) in [7, 11) is -3.73. The quantitative estimate of drug-likeness (QED) is 0.525. The first-order valence-electron chi connectivity index (χ1n) is 10.3. The first kappa shape index (κ1) is 22.6. The van der Waals surface area contributed by atoms with Crippen molar-refractivity contribution in [2.45, 2.75) is 38.5 Å². The lowest BCUT2D eigenvalue weighted by atomic mass is 9.98.